The van der Waals surface area contributed by atoms with Crippen molar-refractivity contribution in [2.75, 3.05) is 0 Å². The van der Waals surface area contributed by atoms with E-state index in [0.717, 1.165) is 0 Å². The first-order valence-corrected chi connectivity index (χ1v) is 4.75. The molecule has 0 saturated heterocycles. The fourth-order valence-corrected chi connectivity index (χ4v) is 0.854. The highest BCUT2D eigenvalue weighted by Crippen LogP contribution is 2.16. The Morgan fingerprint density at radius 3 is 2.17 bits per heavy atom. The fraction of sp³-hybridized carbons (Fsp3) is 0.571. The number of allylic oxidation sites excluding steroid dienone is 1. The van der Waals surface area contributed by atoms with Crippen LogP contribution in [-0.4, -0.2) is 19.4 Å². The molecule has 0 fully saturated rings. The highest BCUT2D eigenvalue weighted by Gasteiger charge is 2.27. The van der Waals surface area contributed by atoms with E-state index in [2.05, 4.69) is 11.0 Å². The van der Waals surface area contributed by atoms with Gasteiger partial charge in [0.15, 0.2) is 0 Å². The van der Waals surface area contributed by atoms with Gasteiger partial charge in [0.25, 0.3) is 10.0 Å². The summed E-state index contributed by atoms with van der Waals surface area (Å²) in [5.41, 5.74) is 0. The van der Waals surface area contributed by atoms with Crippen LogP contribution in [0.1, 0.15) is 20.8 Å². The Morgan fingerprint density at radius 2 is 1.92 bits per heavy atom. The molecular formula is C7H12FNO2S. The summed E-state index contributed by atoms with van der Waals surface area (Å²) in [6, 6.07) is 0. The van der Waals surface area contributed by atoms with Crippen molar-refractivity contribution in [1.29, 1.82) is 0 Å². The van der Waals surface area contributed by atoms with Gasteiger partial charge < -0.3 is 0 Å². The van der Waals surface area contributed by atoms with E-state index in [1.807, 2.05) is 0 Å². The summed E-state index contributed by atoms with van der Waals surface area (Å²) in [6.07, 6.45) is 0.598. The van der Waals surface area contributed by atoms with E-state index < -0.39 is 20.6 Å². The maximum absolute atomic E-state index is 12.0. The van der Waals surface area contributed by atoms with Crippen LogP contribution in [0.2, 0.25) is 0 Å². The first-order chi connectivity index (χ1) is 5.17. The van der Waals surface area contributed by atoms with Crippen LogP contribution < -0.4 is 0 Å². The van der Waals surface area contributed by atoms with E-state index in [1.165, 1.54) is 20.8 Å². The van der Waals surface area contributed by atoms with E-state index in [4.69, 9.17) is 0 Å². The number of halogens is 1. The number of nitrogens with zero attached hydrogens (tertiary/aromatic N) is 1. The summed E-state index contributed by atoms with van der Waals surface area (Å²) in [4.78, 5) is 0. The van der Waals surface area contributed by atoms with Crippen molar-refractivity contribution in [2.24, 2.45) is 4.40 Å². The van der Waals surface area contributed by atoms with Gasteiger partial charge in [-0.2, -0.15) is 4.40 Å². The zero-order valence-electron chi connectivity index (χ0n) is 7.33. The smallest absolute Gasteiger partial charge is 0.206 e. The minimum absolute atomic E-state index is 0.598. The first-order valence-electron chi connectivity index (χ1n) is 3.31. The minimum atomic E-state index is -3.62. The van der Waals surface area contributed by atoms with Gasteiger partial charge >= 0.3 is 0 Å². The van der Waals surface area contributed by atoms with E-state index >= 15 is 0 Å². The topological polar surface area (TPSA) is 46.5 Å². The highest BCUT2D eigenvalue weighted by atomic mass is 32.2. The van der Waals surface area contributed by atoms with Crippen molar-refractivity contribution in [3.8, 4) is 0 Å². The van der Waals surface area contributed by atoms with Crippen LogP contribution >= 0.6 is 0 Å². The summed E-state index contributed by atoms with van der Waals surface area (Å²) in [5, 5.41) is 0. The summed E-state index contributed by atoms with van der Waals surface area (Å²) >= 11 is 0. The van der Waals surface area contributed by atoms with E-state index in [9.17, 15) is 12.8 Å². The first kappa shape index (κ1) is 11.3. The van der Waals surface area contributed by atoms with E-state index in [1.54, 1.807) is 0 Å². The van der Waals surface area contributed by atoms with Crippen molar-refractivity contribution in [1.82, 2.24) is 0 Å². The number of hydrogen-bond acceptors (Lipinski definition) is 2. The average molecular weight is 193 g/mol. The largest absolute Gasteiger partial charge is 0.258 e. The maximum atomic E-state index is 12.0. The molecule has 0 aromatic heterocycles. The molecule has 0 radical (unpaired) electrons. The number of hydrogen-bond donors (Lipinski definition) is 0. The van der Waals surface area contributed by atoms with Gasteiger partial charge in [-0.05, 0) is 20.8 Å². The van der Waals surface area contributed by atoms with Gasteiger partial charge in [-0.15, -0.1) is 0 Å². The van der Waals surface area contributed by atoms with E-state index in [-0.39, 0.29) is 0 Å². The lowest BCUT2D eigenvalue weighted by Crippen LogP contribution is -2.25. The van der Waals surface area contributed by atoms with E-state index in [0.29, 0.717) is 6.21 Å². The zero-order valence-corrected chi connectivity index (χ0v) is 8.15. The molecule has 0 aliphatic carbocycles. The van der Waals surface area contributed by atoms with Crippen LogP contribution in [0.15, 0.2) is 16.8 Å². The average Bonchev–Trinajstić information content (AvgIpc) is 1.81. The predicted molar refractivity (Wildman–Crippen MR) is 47.4 cm³/mol. The molecule has 0 saturated carbocycles. The monoisotopic (exact) mass is 193 g/mol. The second kappa shape index (κ2) is 3.35. The molecule has 0 amide bonds. The third kappa shape index (κ3) is 3.13. The maximum Gasteiger partial charge on any atom is 0.258 e. The Hall–Kier alpha value is -0.710. The Balaban J connectivity index is 4.81. The Bertz CT molecular complexity index is 298. The van der Waals surface area contributed by atoms with Crippen molar-refractivity contribution >= 4 is 16.2 Å². The molecule has 0 aromatic rings. The van der Waals surface area contributed by atoms with Crippen molar-refractivity contribution in [3.63, 3.8) is 0 Å². The molecule has 0 aromatic carbocycles. The van der Waals surface area contributed by atoms with Crippen LogP contribution in [0.4, 0.5) is 4.39 Å². The lowest BCUT2D eigenvalue weighted by Gasteiger charge is -2.14. The zero-order chi connectivity index (χ0) is 9.99. The second-order valence-electron chi connectivity index (χ2n) is 3.27. The Labute approximate surface area is 72.1 Å². The fourth-order valence-electron chi connectivity index (χ4n) is 0.285. The molecule has 0 aliphatic heterocycles. The van der Waals surface area contributed by atoms with Crippen LogP contribution in [-0.2, 0) is 10.0 Å². The molecule has 0 spiro atoms. The van der Waals surface area contributed by atoms with Crippen LogP contribution in [0.25, 0.3) is 0 Å². The van der Waals surface area contributed by atoms with Gasteiger partial charge in [0.2, 0.25) is 0 Å². The van der Waals surface area contributed by atoms with Crippen LogP contribution in [0.5, 0.6) is 0 Å². The van der Waals surface area contributed by atoms with Gasteiger partial charge in [-0.3, -0.25) is 0 Å². The lowest BCUT2D eigenvalue weighted by molar-refractivity contribution is 0.562. The molecule has 0 rings (SSSR count). The SMILES string of the molecule is C=C(F)/C=N/S(=O)(=O)C(C)(C)C. The van der Waals surface area contributed by atoms with Crippen molar-refractivity contribution < 1.29 is 12.8 Å². The molecule has 3 nitrogen and oxygen atoms in total. The molecule has 0 N–H and O–H groups in total. The molecule has 0 aliphatic rings. The number of sulfonamides is 1. The summed E-state index contributed by atoms with van der Waals surface area (Å²) < 4.78 is 36.4. The quantitative estimate of drug-likeness (QED) is 0.626. The highest BCUT2D eigenvalue weighted by molar-refractivity contribution is 7.91. The minimum Gasteiger partial charge on any atom is -0.206 e. The van der Waals surface area contributed by atoms with Crippen LogP contribution in [0.3, 0.4) is 0 Å². The third-order valence-corrected chi connectivity index (χ3v) is 3.04. The summed E-state index contributed by atoms with van der Waals surface area (Å²) in [6.45, 7) is 7.32. The van der Waals surface area contributed by atoms with Gasteiger partial charge in [0.1, 0.15) is 5.83 Å². The molecule has 70 valence electrons. The van der Waals surface area contributed by atoms with Crippen LogP contribution in [0, 0.1) is 0 Å². The molecule has 5 heteroatoms. The normalized spacial score (nSPS) is 13.7. The van der Waals surface area contributed by atoms with Gasteiger partial charge in [-0.1, -0.05) is 6.58 Å². The third-order valence-electron chi connectivity index (χ3n) is 1.11. The lowest BCUT2D eigenvalue weighted by atomic mass is 10.3. The van der Waals surface area contributed by atoms with Gasteiger partial charge in [-0.25, -0.2) is 12.8 Å². The Morgan fingerprint density at radius 1 is 1.50 bits per heavy atom. The molecule has 0 heterocycles. The van der Waals surface area contributed by atoms with Crippen molar-refractivity contribution in [2.45, 2.75) is 25.5 Å². The molecular weight excluding hydrogens is 181 g/mol. The molecule has 0 atom stereocenters. The van der Waals surface area contributed by atoms with Crippen molar-refractivity contribution in [3.05, 3.63) is 12.4 Å². The predicted octanol–water partition coefficient (Wildman–Crippen LogP) is 1.67. The molecule has 12 heavy (non-hydrogen) atoms. The van der Waals surface area contributed by atoms with Gasteiger partial charge in [0.05, 0.1) is 11.0 Å². The summed E-state index contributed by atoms with van der Waals surface area (Å²) in [5.74, 6) is -0.872. The second-order valence-corrected chi connectivity index (χ2v) is 5.65. The standard InChI is InChI=1S/C7H12FNO2S/c1-6(8)5-9-12(10,11)7(2,3)4/h5H,1H2,2-4H3/b9-5+. The number of rotatable bonds is 2. The molecule has 0 unspecified atom stereocenters. The molecule has 0 bridgehead atoms. The van der Waals surface area contributed by atoms with Gasteiger partial charge in [0, 0.05) is 0 Å². The summed E-state index contributed by atoms with van der Waals surface area (Å²) in [7, 11) is -3.62. The Kier molecular flexibility index (Phi) is 3.15.